The lowest BCUT2D eigenvalue weighted by atomic mass is 10.2. The summed E-state index contributed by atoms with van der Waals surface area (Å²) in [6.07, 6.45) is 2.52. The van der Waals surface area contributed by atoms with Gasteiger partial charge in [-0.3, -0.25) is 9.78 Å². The Labute approximate surface area is 142 Å². The van der Waals surface area contributed by atoms with Crippen LogP contribution in [0.15, 0.2) is 38.4 Å². The Hall–Kier alpha value is -2.47. The fourth-order valence-electron chi connectivity index (χ4n) is 2.58. The number of nitrogens with zero attached hydrogens (tertiary/aromatic N) is 1. The van der Waals surface area contributed by atoms with E-state index in [4.69, 9.17) is 20.8 Å². The molecule has 0 bridgehead atoms. The number of H-pyrrole nitrogens is 1. The van der Waals surface area contributed by atoms with Gasteiger partial charge in [0, 0.05) is 22.3 Å². The minimum absolute atomic E-state index is 0.156. The largest absolute Gasteiger partial charge is 0.493 e. The molecule has 7 heteroatoms. The summed E-state index contributed by atoms with van der Waals surface area (Å²) in [5, 5.41) is 0.522. The molecule has 0 unspecified atom stereocenters. The van der Waals surface area contributed by atoms with Crippen LogP contribution in [0.25, 0.3) is 11.1 Å². The summed E-state index contributed by atoms with van der Waals surface area (Å²) in [5.74, 6) is 0.00217. The molecule has 0 amide bonds. The molecule has 6 nitrogen and oxygen atoms in total. The Morgan fingerprint density at radius 1 is 1.33 bits per heavy atom. The molecule has 0 aliphatic rings. The fraction of sp³-hybridized carbons (Fsp3) is 0.294. The van der Waals surface area contributed by atoms with Gasteiger partial charge in [0.2, 0.25) is 0 Å². The highest BCUT2D eigenvalue weighted by molar-refractivity contribution is 6.31. The summed E-state index contributed by atoms with van der Waals surface area (Å²) >= 11 is 6.30. The van der Waals surface area contributed by atoms with E-state index in [1.54, 1.807) is 19.2 Å². The number of benzene rings is 1. The predicted molar refractivity (Wildman–Crippen MR) is 92.2 cm³/mol. The van der Waals surface area contributed by atoms with Gasteiger partial charge in [0.05, 0.1) is 13.2 Å². The fourth-order valence-corrected chi connectivity index (χ4v) is 2.80. The number of aromatic nitrogens is 2. The van der Waals surface area contributed by atoms with Gasteiger partial charge in [-0.05, 0) is 25.5 Å². The van der Waals surface area contributed by atoms with Gasteiger partial charge in [-0.2, -0.15) is 0 Å². The van der Waals surface area contributed by atoms with E-state index in [-0.39, 0.29) is 23.2 Å². The van der Waals surface area contributed by atoms with Gasteiger partial charge in [0.25, 0.3) is 5.56 Å². The Morgan fingerprint density at radius 2 is 2.12 bits per heavy atom. The van der Waals surface area contributed by atoms with Gasteiger partial charge in [-0.1, -0.05) is 24.6 Å². The summed E-state index contributed by atoms with van der Waals surface area (Å²) in [4.78, 5) is 26.4. The molecule has 2 heterocycles. The van der Waals surface area contributed by atoms with Crippen LogP contribution in [-0.2, 0) is 6.54 Å². The van der Waals surface area contributed by atoms with Gasteiger partial charge in [-0.15, -0.1) is 0 Å². The summed E-state index contributed by atoms with van der Waals surface area (Å²) in [7, 11) is 0. The van der Waals surface area contributed by atoms with Gasteiger partial charge < -0.3 is 13.7 Å². The van der Waals surface area contributed by atoms with Gasteiger partial charge in [0.1, 0.15) is 5.75 Å². The predicted octanol–water partition coefficient (Wildman–Crippen LogP) is 3.08. The normalized spacial score (nSPS) is 11.1. The van der Waals surface area contributed by atoms with Gasteiger partial charge in [0.15, 0.2) is 11.1 Å². The van der Waals surface area contributed by atoms with Gasteiger partial charge in [-0.25, -0.2) is 4.79 Å². The Balaban J connectivity index is 2.09. The van der Waals surface area contributed by atoms with Crippen LogP contribution in [0.3, 0.4) is 0 Å². The van der Waals surface area contributed by atoms with Crippen molar-refractivity contribution in [2.24, 2.45) is 0 Å². The van der Waals surface area contributed by atoms with Crippen LogP contribution in [0, 0.1) is 6.92 Å². The van der Waals surface area contributed by atoms with Crippen molar-refractivity contribution in [3.8, 4) is 5.75 Å². The molecule has 0 fully saturated rings. The lowest BCUT2D eigenvalue weighted by Crippen LogP contribution is -2.22. The van der Waals surface area contributed by atoms with Crippen molar-refractivity contribution >= 4 is 22.7 Å². The average molecular weight is 349 g/mol. The summed E-state index contributed by atoms with van der Waals surface area (Å²) in [5.41, 5.74) is 1.50. The zero-order chi connectivity index (χ0) is 17.3. The van der Waals surface area contributed by atoms with Crippen molar-refractivity contribution in [1.82, 2.24) is 9.55 Å². The topological polar surface area (TPSA) is 77.2 Å². The van der Waals surface area contributed by atoms with E-state index in [9.17, 15) is 9.59 Å². The lowest BCUT2D eigenvalue weighted by Gasteiger charge is -2.14. The van der Waals surface area contributed by atoms with Crippen LogP contribution in [0.5, 0.6) is 5.75 Å². The number of fused-ring (bicyclic) bond motifs is 1. The number of hydrogen-bond donors (Lipinski definition) is 1. The van der Waals surface area contributed by atoms with Crippen molar-refractivity contribution < 1.29 is 9.15 Å². The molecule has 0 saturated carbocycles. The molecule has 0 atom stereocenters. The first-order valence-corrected chi connectivity index (χ1v) is 8.02. The van der Waals surface area contributed by atoms with Gasteiger partial charge >= 0.3 is 5.76 Å². The van der Waals surface area contributed by atoms with Crippen LogP contribution >= 0.6 is 11.6 Å². The molecule has 2 aromatic heterocycles. The minimum Gasteiger partial charge on any atom is -0.493 e. The maximum Gasteiger partial charge on any atom is 0.417 e. The van der Waals surface area contributed by atoms with E-state index in [2.05, 4.69) is 4.98 Å². The zero-order valence-electron chi connectivity index (χ0n) is 13.4. The first kappa shape index (κ1) is 16.4. The third-order valence-electron chi connectivity index (χ3n) is 3.70. The van der Waals surface area contributed by atoms with E-state index in [0.717, 1.165) is 12.0 Å². The number of halogens is 1. The SMILES string of the molecule is CCCOc1cccc(Cl)c1Cn1cc(C)c2oc(=O)[nH]c2c1=O. The Kier molecular flexibility index (Phi) is 4.49. The number of hydrogen-bond acceptors (Lipinski definition) is 4. The standard InChI is InChI=1S/C17H17ClN2O4/c1-3-7-23-13-6-4-5-12(18)11(13)9-20-8-10(2)15-14(16(20)21)19-17(22)24-15/h4-6,8H,3,7,9H2,1-2H3,(H,19,22). The smallest absolute Gasteiger partial charge is 0.417 e. The van der Waals surface area contributed by atoms with Crippen molar-refractivity contribution in [2.45, 2.75) is 26.8 Å². The molecule has 3 rings (SSSR count). The molecule has 0 spiro atoms. The molecular formula is C17H17ClN2O4. The molecule has 1 N–H and O–H groups in total. The van der Waals surface area contributed by atoms with Crippen LogP contribution in [0.4, 0.5) is 0 Å². The van der Waals surface area contributed by atoms with Crippen molar-refractivity contribution in [2.75, 3.05) is 6.61 Å². The maximum atomic E-state index is 12.6. The highest BCUT2D eigenvalue weighted by atomic mass is 35.5. The number of aromatic amines is 1. The van der Waals surface area contributed by atoms with Crippen LogP contribution in [0.2, 0.25) is 5.02 Å². The number of ether oxygens (including phenoxy) is 1. The van der Waals surface area contributed by atoms with Crippen LogP contribution in [-0.4, -0.2) is 16.2 Å². The summed E-state index contributed by atoms with van der Waals surface area (Å²) < 4.78 is 12.2. The first-order chi connectivity index (χ1) is 11.5. The molecule has 1 aromatic carbocycles. The third-order valence-corrected chi connectivity index (χ3v) is 4.05. The van der Waals surface area contributed by atoms with E-state index in [0.29, 0.717) is 22.9 Å². The van der Waals surface area contributed by atoms with Crippen LogP contribution in [0.1, 0.15) is 24.5 Å². The second-order valence-corrected chi connectivity index (χ2v) is 5.94. The molecule has 0 saturated heterocycles. The first-order valence-electron chi connectivity index (χ1n) is 7.64. The quantitative estimate of drug-likeness (QED) is 0.768. The molecular weight excluding hydrogens is 332 g/mol. The van der Waals surface area contributed by atoms with E-state index < -0.39 is 5.76 Å². The summed E-state index contributed by atoms with van der Waals surface area (Å²) in [6, 6.07) is 5.39. The average Bonchev–Trinajstić information content (AvgIpc) is 2.95. The number of rotatable bonds is 5. The number of aryl methyl sites for hydroxylation is 1. The maximum absolute atomic E-state index is 12.6. The Morgan fingerprint density at radius 3 is 2.88 bits per heavy atom. The highest BCUT2D eigenvalue weighted by Gasteiger charge is 2.15. The molecule has 24 heavy (non-hydrogen) atoms. The van der Waals surface area contributed by atoms with Crippen molar-refractivity contribution in [3.05, 3.63) is 61.4 Å². The monoisotopic (exact) mass is 348 g/mol. The minimum atomic E-state index is -0.646. The summed E-state index contributed by atoms with van der Waals surface area (Å²) in [6.45, 7) is 4.59. The Bertz CT molecular complexity index is 1000. The second kappa shape index (κ2) is 6.57. The lowest BCUT2D eigenvalue weighted by molar-refractivity contribution is 0.313. The van der Waals surface area contributed by atoms with Crippen molar-refractivity contribution in [1.29, 1.82) is 0 Å². The molecule has 126 valence electrons. The second-order valence-electron chi connectivity index (χ2n) is 5.53. The van der Waals surface area contributed by atoms with E-state index in [1.807, 2.05) is 19.1 Å². The van der Waals surface area contributed by atoms with Crippen LogP contribution < -0.4 is 16.1 Å². The molecule has 3 aromatic rings. The van der Waals surface area contributed by atoms with E-state index in [1.165, 1.54) is 4.57 Å². The van der Waals surface area contributed by atoms with E-state index >= 15 is 0 Å². The third kappa shape index (κ3) is 2.97. The number of oxazole rings is 1. The number of pyridine rings is 1. The molecule has 0 aliphatic carbocycles. The number of nitrogens with one attached hydrogen (secondary N) is 1. The van der Waals surface area contributed by atoms with Crippen molar-refractivity contribution in [3.63, 3.8) is 0 Å². The molecule has 0 aliphatic heterocycles. The molecule has 0 radical (unpaired) electrons. The zero-order valence-corrected chi connectivity index (χ0v) is 14.1. The highest BCUT2D eigenvalue weighted by Crippen LogP contribution is 2.27.